The molecular formula is C15H20N2O4S. The van der Waals surface area contributed by atoms with Crippen LogP contribution in [0.4, 0.5) is 4.79 Å². The molecule has 1 aliphatic rings. The number of carbonyl (C=O) groups excluding carboxylic acids is 1. The molecule has 1 aliphatic carbocycles. The van der Waals surface area contributed by atoms with Crippen LogP contribution in [-0.2, 0) is 10.3 Å². The quantitative estimate of drug-likeness (QED) is 0.725. The maximum atomic E-state index is 11.9. The Labute approximate surface area is 133 Å². The molecule has 0 aromatic carbocycles. The first kappa shape index (κ1) is 16.5. The molecule has 0 spiro atoms. The molecule has 2 rings (SSSR count). The predicted molar refractivity (Wildman–Crippen MR) is 83.9 cm³/mol. The maximum Gasteiger partial charge on any atom is 0.329 e. The van der Waals surface area contributed by atoms with Gasteiger partial charge in [0.05, 0.1) is 24.7 Å². The van der Waals surface area contributed by atoms with Crippen LogP contribution in [0.1, 0.15) is 32.3 Å². The van der Waals surface area contributed by atoms with E-state index in [0.717, 1.165) is 24.8 Å². The monoisotopic (exact) mass is 324 g/mol. The number of furan rings is 1. The summed E-state index contributed by atoms with van der Waals surface area (Å²) in [4.78, 5) is 11.9. The van der Waals surface area contributed by atoms with E-state index in [4.69, 9.17) is 9.15 Å². The lowest BCUT2D eigenvalue weighted by atomic mass is 10.0. The van der Waals surface area contributed by atoms with Crippen molar-refractivity contribution in [3.63, 3.8) is 0 Å². The number of methoxy groups -OCH3 is 1. The summed E-state index contributed by atoms with van der Waals surface area (Å²) in [5, 5.41) is 13.1. The lowest BCUT2D eigenvalue weighted by Crippen LogP contribution is -2.32. The van der Waals surface area contributed by atoms with Crippen molar-refractivity contribution in [1.82, 2.24) is 10.0 Å². The van der Waals surface area contributed by atoms with Crippen molar-refractivity contribution >= 4 is 18.0 Å². The molecule has 1 aromatic heterocycles. The van der Waals surface area contributed by atoms with Crippen LogP contribution in [0.2, 0.25) is 0 Å². The average Bonchev–Trinajstić information content (AvgIpc) is 2.95. The molecule has 0 radical (unpaired) electrons. The van der Waals surface area contributed by atoms with Gasteiger partial charge in [-0.1, -0.05) is 6.08 Å². The van der Waals surface area contributed by atoms with E-state index in [9.17, 15) is 9.90 Å². The summed E-state index contributed by atoms with van der Waals surface area (Å²) in [5.41, 5.74) is 0.329. The number of allylic oxidation sites excluding steroid dienone is 2. The second-order valence-corrected chi connectivity index (χ2v) is 6.15. The summed E-state index contributed by atoms with van der Waals surface area (Å²) in [5.74, 6) is 0.661. The summed E-state index contributed by atoms with van der Waals surface area (Å²) >= 11 is 1.04. The number of urea groups is 1. The summed E-state index contributed by atoms with van der Waals surface area (Å²) < 4.78 is 13.1. The normalized spacial score (nSPS) is 14.9. The Hall–Kier alpha value is -1.86. The van der Waals surface area contributed by atoms with E-state index in [-0.39, 0.29) is 6.03 Å². The van der Waals surface area contributed by atoms with E-state index >= 15 is 0 Å². The molecular weight excluding hydrogens is 304 g/mol. The number of hydrogen-bond acceptors (Lipinski definition) is 5. The van der Waals surface area contributed by atoms with E-state index in [1.807, 2.05) is 12.2 Å². The van der Waals surface area contributed by atoms with E-state index in [1.54, 1.807) is 27.0 Å². The Morgan fingerprint density at radius 2 is 2.14 bits per heavy atom. The fourth-order valence-electron chi connectivity index (χ4n) is 1.89. The van der Waals surface area contributed by atoms with Crippen molar-refractivity contribution < 1.29 is 19.1 Å². The average molecular weight is 324 g/mol. The molecule has 22 heavy (non-hydrogen) atoms. The molecule has 0 atom stereocenters. The van der Waals surface area contributed by atoms with Gasteiger partial charge in [-0.2, -0.15) is 0 Å². The van der Waals surface area contributed by atoms with Crippen LogP contribution < -0.4 is 10.0 Å². The van der Waals surface area contributed by atoms with E-state index in [0.29, 0.717) is 22.1 Å². The second-order valence-electron chi connectivity index (χ2n) is 5.34. The van der Waals surface area contributed by atoms with Gasteiger partial charge in [0.25, 0.3) is 0 Å². The summed E-state index contributed by atoms with van der Waals surface area (Å²) in [7, 11) is 1.57. The molecule has 3 N–H and O–H groups in total. The van der Waals surface area contributed by atoms with Crippen LogP contribution in [0.5, 0.6) is 0 Å². The van der Waals surface area contributed by atoms with Crippen molar-refractivity contribution in [3.8, 4) is 0 Å². The smallest absolute Gasteiger partial charge is 0.329 e. The van der Waals surface area contributed by atoms with Gasteiger partial charge >= 0.3 is 6.03 Å². The van der Waals surface area contributed by atoms with Crippen LogP contribution in [0, 0.1) is 0 Å². The molecule has 1 aromatic rings. The molecule has 2 amide bonds. The highest BCUT2D eigenvalue weighted by Gasteiger charge is 2.19. The number of carbonyl (C=O) groups is 1. The van der Waals surface area contributed by atoms with Crippen molar-refractivity contribution in [2.24, 2.45) is 0 Å². The highest BCUT2D eigenvalue weighted by atomic mass is 32.2. The van der Waals surface area contributed by atoms with Crippen LogP contribution in [0.3, 0.4) is 0 Å². The Bertz CT molecular complexity index is 599. The van der Waals surface area contributed by atoms with Crippen molar-refractivity contribution in [2.75, 3.05) is 7.11 Å². The highest BCUT2D eigenvalue weighted by molar-refractivity contribution is 7.97. The van der Waals surface area contributed by atoms with Crippen LogP contribution in [0.15, 0.2) is 45.4 Å². The third-order valence-electron chi connectivity index (χ3n) is 3.10. The molecule has 0 saturated heterocycles. The van der Waals surface area contributed by atoms with Gasteiger partial charge in [-0.05, 0) is 38.8 Å². The highest BCUT2D eigenvalue weighted by Crippen LogP contribution is 2.26. The number of amides is 2. The molecule has 0 saturated carbocycles. The zero-order chi connectivity index (χ0) is 16.2. The fourth-order valence-corrected chi connectivity index (χ4v) is 2.42. The van der Waals surface area contributed by atoms with Gasteiger partial charge < -0.3 is 19.6 Å². The Morgan fingerprint density at radius 3 is 2.77 bits per heavy atom. The summed E-state index contributed by atoms with van der Waals surface area (Å²) in [6.45, 7) is 3.33. The molecule has 0 bridgehead atoms. The van der Waals surface area contributed by atoms with E-state index < -0.39 is 5.60 Å². The van der Waals surface area contributed by atoms with Gasteiger partial charge in [-0.25, -0.2) is 4.79 Å². The first-order valence-electron chi connectivity index (χ1n) is 6.90. The lowest BCUT2D eigenvalue weighted by Gasteiger charge is -2.15. The lowest BCUT2D eigenvalue weighted by molar-refractivity contribution is 0.0779. The van der Waals surface area contributed by atoms with Gasteiger partial charge in [0.2, 0.25) is 0 Å². The molecule has 120 valence electrons. The Balaban J connectivity index is 1.87. The van der Waals surface area contributed by atoms with Crippen molar-refractivity contribution in [3.05, 3.63) is 41.5 Å². The predicted octanol–water partition coefficient (Wildman–Crippen LogP) is 3.02. The van der Waals surface area contributed by atoms with Gasteiger partial charge in [0.1, 0.15) is 5.76 Å². The van der Waals surface area contributed by atoms with Crippen molar-refractivity contribution in [2.45, 2.75) is 37.4 Å². The van der Waals surface area contributed by atoms with Gasteiger partial charge in [0, 0.05) is 17.5 Å². The largest absolute Gasteiger partial charge is 0.495 e. The molecule has 0 fully saturated rings. The first-order valence-corrected chi connectivity index (χ1v) is 7.71. The van der Waals surface area contributed by atoms with E-state index in [2.05, 4.69) is 10.0 Å². The number of hydrogen-bond donors (Lipinski definition) is 3. The van der Waals surface area contributed by atoms with Gasteiger partial charge in [-0.15, -0.1) is 0 Å². The molecule has 1 heterocycles. The van der Waals surface area contributed by atoms with E-state index in [1.165, 1.54) is 6.26 Å². The minimum Gasteiger partial charge on any atom is -0.495 e. The summed E-state index contributed by atoms with van der Waals surface area (Å²) in [6, 6.07) is 1.31. The molecule has 0 aliphatic heterocycles. The SMILES string of the molecule is COC1=CCCC=C1NC(=O)NSc1cc(C(C)(C)O)co1. The number of ether oxygens (including phenoxy) is 1. The number of nitrogens with one attached hydrogen (secondary N) is 2. The minimum atomic E-state index is -0.977. The first-order chi connectivity index (χ1) is 10.4. The zero-order valence-corrected chi connectivity index (χ0v) is 13.6. The number of rotatable bonds is 5. The van der Waals surface area contributed by atoms with Crippen molar-refractivity contribution in [1.29, 1.82) is 0 Å². The molecule has 0 unspecified atom stereocenters. The Kier molecular flexibility index (Phi) is 5.20. The second kappa shape index (κ2) is 6.93. The maximum absolute atomic E-state index is 11.9. The van der Waals surface area contributed by atoms with Gasteiger partial charge in [0.15, 0.2) is 5.09 Å². The fraction of sp³-hybridized carbons (Fsp3) is 0.400. The molecule has 7 heteroatoms. The van der Waals surface area contributed by atoms with Crippen LogP contribution >= 0.6 is 11.9 Å². The van der Waals surface area contributed by atoms with Crippen LogP contribution in [0.25, 0.3) is 0 Å². The standard InChI is InChI=1S/C15H20N2O4S/c1-15(2,19)10-8-13(21-9-10)22-17-14(18)16-11-6-4-5-7-12(11)20-3/h6-9,19H,4-5H2,1-3H3,(H2,16,17,18). The van der Waals surface area contributed by atoms with Crippen LogP contribution in [-0.4, -0.2) is 18.2 Å². The molecule has 6 nitrogen and oxygen atoms in total. The Morgan fingerprint density at radius 1 is 1.41 bits per heavy atom. The third kappa shape index (κ3) is 4.32. The minimum absolute atomic E-state index is 0.373. The third-order valence-corrected chi connectivity index (χ3v) is 3.81. The zero-order valence-electron chi connectivity index (χ0n) is 12.8. The number of aliphatic hydroxyl groups is 1. The topological polar surface area (TPSA) is 83.7 Å². The summed E-state index contributed by atoms with van der Waals surface area (Å²) in [6.07, 6.45) is 7.09. The van der Waals surface area contributed by atoms with Gasteiger partial charge in [-0.3, -0.25) is 4.72 Å².